The number of imide groups is 1. The monoisotopic (exact) mass is 398 g/mol. The molecule has 0 spiro atoms. The molecule has 3 aromatic rings. The van der Waals surface area contributed by atoms with E-state index < -0.39 is 0 Å². The van der Waals surface area contributed by atoms with Crippen molar-refractivity contribution in [2.24, 2.45) is 5.73 Å². The topological polar surface area (TPSA) is 104 Å². The van der Waals surface area contributed by atoms with Crippen molar-refractivity contribution in [2.75, 3.05) is 26.4 Å². The van der Waals surface area contributed by atoms with E-state index in [1.54, 1.807) is 6.26 Å². The van der Waals surface area contributed by atoms with Crippen LogP contribution in [0.4, 0.5) is 0 Å². The highest BCUT2D eigenvalue weighted by Gasteiger charge is 2.17. The molecular weight excluding hydrogens is 372 g/mol. The van der Waals surface area contributed by atoms with E-state index in [0.29, 0.717) is 39.2 Å². The predicted molar refractivity (Wildman–Crippen MR) is 111 cm³/mol. The van der Waals surface area contributed by atoms with Crippen LogP contribution in [0.5, 0.6) is 5.75 Å². The number of hydrogen-bond donors (Lipinski definition) is 2. The van der Waals surface area contributed by atoms with E-state index in [1.807, 2.05) is 30.3 Å². The van der Waals surface area contributed by atoms with Gasteiger partial charge in [-0.2, -0.15) is 0 Å². The lowest BCUT2D eigenvalue weighted by molar-refractivity contribution is -0.125. The van der Waals surface area contributed by atoms with Crippen LogP contribution in [0.2, 0.25) is 0 Å². The lowest BCUT2D eigenvalue weighted by atomic mass is 9.93. The van der Waals surface area contributed by atoms with Gasteiger partial charge in [-0.3, -0.25) is 14.9 Å². The number of ether oxygens (including phenoxy) is 2. The summed E-state index contributed by atoms with van der Waals surface area (Å²) in [5.74, 6) is 0.605. The highest BCUT2D eigenvalue weighted by Crippen LogP contribution is 2.36. The number of fused-ring (bicyclic) bond motifs is 3. The molecule has 0 radical (unpaired) electrons. The van der Waals surface area contributed by atoms with Gasteiger partial charge in [-0.05, 0) is 47.4 Å². The molecular formula is C22H26N2O5. The first kappa shape index (κ1) is 20.8. The Morgan fingerprint density at radius 3 is 2.90 bits per heavy atom. The zero-order chi connectivity index (χ0) is 20.6. The van der Waals surface area contributed by atoms with Crippen LogP contribution in [-0.4, -0.2) is 38.7 Å². The number of nitrogens with one attached hydrogen (secondary N) is 1. The van der Waals surface area contributed by atoms with Crippen molar-refractivity contribution >= 4 is 34.1 Å². The van der Waals surface area contributed by atoms with Gasteiger partial charge in [-0.15, -0.1) is 0 Å². The molecule has 0 aliphatic rings. The van der Waals surface area contributed by atoms with Gasteiger partial charge in [0.1, 0.15) is 17.9 Å². The van der Waals surface area contributed by atoms with E-state index in [2.05, 4.69) is 12.2 Å². The molecule has 7 nitrogen and oxygen atoms in total. The second kappa shape index (κ2) is 10.0. The molecule has 3 N–H and O–H groups in total. The van der Waals surface area contributed by atoms with Crippen molar-refractivity contribution < 1.29 is 23.5 Å². The molecule has 29 heavy (non-hydrogen) atoms. The number of hydrogen-bond acceptors (Lipinski definition) is 6. The maximum Gasteiger partial charge on any atom is 0.226 e. The van der Waals surface area contributed by atoms with Gasteiger partial charge in [0.05, 0.1) is 19.5 Å². The van der Waals surface area contributed by atoms with E-state index in [0.717, 1.165) is 33.1 Å². The fourth-order valence-corrected chi connectivity index (χ4v) is 3.37. The Morgan fingerprint density at radius 1 is 1.24 bits per heavy atom. The highest BCUT2D eigenvalue weighted by molar-refractivity contribution is 6.08. The minimum absolute atomic E-state index is 0.106. The molecule has 1 heterocycles. The third-order valence-corrected chi connectivity index (χ3v) is 4.87. The van der Waals surface area contributed by atoms with E-state index >= 15 is 0 Å². The number of nitrogens with two attached hydrogens (primary N) is 1. The summed E-state index contributed by atoms with van der Waals surface area (Å²) in [6.07, 6.45) is 3.07. The molecule has 1 unspecified atom stereocenters. The lowest BCUT2D eigenvalue weighted by Crippen LogP contribution is -2.21. The summed E-state index contributed by atoms with van der Waals surface area (Å²) in [5, 5.41) is 5.34. The van der Waals surface area contributed by atoms with Crippen molar-refractivity contribution in [3.8, 4) is 5.75 Å². The fourth-order valence-electron chi connectivity index (χ4n) is 3.37. The summed E-state index contributed by atoms with van der Waals surface area (Å²) in [6, 6.07) is 9.91. The first-order chi connectivity index (χ1) is 14.1. The molecule has 0 saturated heterocycles. The summed E-state index contributed by atoms with van der Waals surface area (Å²) in [5.41, 5.74) is 7.25. The van der Waals surface area contributed by atoms with Gasteiger partial charge in [0.15, 0.2) is 0 Å². The molecule has 2 aromatic carbocycles. The maximum absolute atomic E-state index is 11.6. The average Bonchev–Trinajstić information content (AvgIpc) is 3.16. The van der Waals surface area contributed by atoms with Gasteiger partial charge in [0.25, 0.3) is 0 Å². The van der Waals surface area contributed by atoms with E-state index in [-0.39, 0.29) is 18.2 Å². The fraction of sp³-hybridized carbons (Fsp3) is 0.364. The van der Waals surface area contributed by atoms with E-state index in [1.165, 1.54) is 0 Å². The molecule has 1 aromatic heterocycles. The first-order valence-electron chi connectivity index (χ1n) is 9.71. The summed E-state index contributed by atoms with van der Waals surface area (Å²) in [4.78, 5) is 22.0. The van der Waals surface area contributed by atoms with Gasteiger partial charge in [-0.1, -0.05) is 13.0 Å². The van der Waals surface area contributed by atoms with Crippen LogP contribution in [0, 0.1) is 0 Å². The van der Waals surface area contributed by atoms with Crippen LogP contribution in [0.1, 0.15) is 31.2 Å². The Balaban J connectivity index is 1.78. The Bertz CT molecular complexity index is 982. The first-order valence-corrected chi connectivity index (χ1v) is 9.71. The van der Waals surface area contributed by atoms with Gasteiger partial charge in [0, 0.05) is 23.9 Å². The summed E-state index contributed by atoms with van der Waals surface area (Å²) < 4.78 is 16.8. The van der Waals surface area contributed by atoms with E-state index in [9.17, 15) is 9.59 Å². The largest absolute Gasteiger partial charge is 0.491 e. The van der Waals surface area contributed by atoms with Crippen LogP contribution in [0.15, 0.2) is 41.0 Å². The van der Waals surface area contributed by atoms with Crippen LogP contribution in [0.25, 0.3) is 21.7 Å². The molecule has 7 heteroatoms. The highest BCUT2D eigenvalue weighted by atomic mass is 16.5. The van der Waals surface area contributed by atoms with Gasteiger partial charge >= 0.3 is 0 Å². The van der Waals surface area contributed by atoms with Crippen molar-refractivity contribution in [2.45, 2.75) is 25.7 Å². The molecule has 0 fully saturated rings. The predicted octanol–water partition coefficient (Wildman–Crippen LogP) is 3.10. The number of carbonyl (C=O) groups is 2. The van der Waals surface area contributed by atoms with Crippen LogP contribution in [0.3, 0.4) is 0 Å². The minimum atomic E-state index is -0.276. The second-order valence-electron chi connectivity index (χ2n) is 6.89. The van der Waals surface area contributed by atoms with Crippen molar-refractivity contribution in [1.29, 1.82) is 0 Å². The molecule has 0 aliphatic carbocycles. The maximum atomic E-state index is 11.6. The zero-order valence-electron chi connectivity index (χ0n) is 16.5. The molecule has 1 atom stereocenters. The standard InChI is InChI=1S/C22H26N2O5/c1-15(2-7-21(26)24-14-25)19-13-29-20-6-3-16-12-17(4-5-18(16)22(19)20)28-11-10-27-9-8-23/h3-6,12-15H,2,7-11,23H2,1H3,(H,24,25,26). The Kier molecular flexibility index (Phi) is 7.21. The van der Waals surface area contributed by atoms with Crippen molar-refractivity contribution in [3.63, 3.8) is 0 Å². The van der Waals surface area contributed by atoms with Crippen molar-refractivity contribution in [1.82, 2.24) is 5.32 Å². The summed E-state index contributed by atoms with van der Waals surface area (Å²) >= 11 is 0. The zero-order valence-corrected chi connectivity index (χ0v) is 16.5. The number of carbonyl (C=O) groups excluding carboxylic acids is 2. The van der Waals surface area contributed by atoms with E-state index in [4.69, 9.17) is 19.6 Å². The quantitative estimate of drug-likeness (QED) is 0.380. The SMILES string of the molecule is CC(CCC(=O)NC=O)c1coc2ccc3cc(OCCOCCN)ccc3c12. The third kappa shape index (κ3) is 5.13. The average molecular weight is 398 g/mol. The number of rotatable bonds is 11. The molecule has 154 valence electrons. The minimum Gasteiger partial charge on any atom is -0.491 e. The molecule has 0 aliphatic heterocycles. The van der Waals surface area contributed by atoms with Crippen LogP contribution >= 0.6 is 0 Å². The second-order valence-corrected chi connectivity index (χ2v) is 6.89. The third-order valence-electron chi connectivity index (χ3n) is 4.87. The Labute approximate surface area is 169 Å². The van der Waals surface area contributed by atoms with Crippen molar-refractivity contribution in [3.05, 3.63) is 42.2 Å². The van der Waals surface area contributed by atoms with Gasteiger partial charge in [-0.25, -0.2) is 0 Å². The smallest absolute Gasteiger partial charge is 0.226 e. The number of amides is 2. The molecule has 3 rings (SSSR count). The van der Waals surface area contributed by atoms with Gasteiger partial charge < -0.3 is 19.6 Å². The summed E-state index contributed by atoms with van der Waals surface area (Å²) in [7, 11) is 0. The molecule has 0 saturated carbocycles. The Morgan fingerprint density at radius 2 is 2.10 bits per heavy atom. The molecule has 2 amide bonds. The Hall–Kier alpha value is -2.90. The number of benzene rings is 2. The number of furan rings is 1. The summed E-state index contributed by atoms with van der Waals surface area (Å²) in [6.45, 7) is 4.03. The lowest BCUT2D eigenvalue weighted by Gasteiger charge is -2.11. The van der Waals surface area contributed by atoms with Gasteiger partial charge in [0.2, 0.25) is 12.3 Å². The normalized spacial score (nSPS) is 12.2. The van der Waals surface area contributed by atoms with Crippen LogP contribution in [-0.2, 0) is 14.3 Å². The van der Waals surface area contributed by atoms with Crippen LogP contribution < -0.4 is 15.8 Å². The molecule has 0 bridgehead atoms.